The molecule has 2 heterocycles. The quantitative estimate of drug-likeness (QED) is 0.819. The van der Waals surface area contributed by atoms with E-state index in [0.29, 0.717) is 0 Å². The van der Waals surface area contributed by atoms with Gasteiger partial charge in [-0.3, -0.25) is 4.90 Å². The van der Waals surface area contributed by atoms with Gasteiger partial charge in [0.2, 0.25) is 0 Å². The van der Waals surface area contributed by atoms with E-state index in [1.54, 1.807) is 0 Å². The van der Waals surface area contributed by atoms with Crippen molar-refractivity contribution in [3.63, 3.8) is 0 Å². The van der Waals surface area contributed by atoms with Gasteiger partial charge in [-0.05, 0) is 52.4 Å². The van der Waals surface area contributed by atoms with Gasteiger partial charge in [0, 0.05) is 38.3 Å². The molecule has 0 spiro atoms. The molecule has 1 atom stereocenters. The van der Waals surface area contributed by atoms with Crippen molar-refractivity contribution in [1.82, 2.24) is 14.7 Å². The van der Waals surface area contributed by atoms with Crippen molar-refractivity contribution in [2.45, 2.75) is 38.1 Å². The van der Waals surface area contributed by atoms with E-state index >= 15 is 0 Å². The lowest BCUT2D eigenvalue weighted by Crippen LogP contribution is -2.60. The first-order valence-electron chi connectivity index (χ1n) is 8.06. The second-order valence-corrected chi connectivity index (χ2v) is 6.41. The molecule has 0 aliphatic carbocycles. The highest BCUT2D eigenvalue weighted by Crippen LogP contribution is 2.29. The lowest BCUT2D eigenvalue weighted by Gasteiger charge is -2.46. The molecule has 0 aromatic heterocycles. The van der Waals surface area contributed by atoms with Crippen LogP contribution >= 0.6 is 0 Å². The van der Waals surface area contributed by atoms with E-state index in [9.17, 15) is 0 Å². The average Bonchev–Trinajstić information content (AvgIpc) is 2.64. The molecule has 2 N–H and O–H groups in total. The zero-order chi connectivity index (χ0) is 13.7. The third-order valence-corrected chi connectivity index (χ3v) is 5.10. The zero-order valence-electron chi connectivity index (χ0n) is 12.9. The molecule has 1 unspecified atom stereocenters. The second kappa shape index (κ2) is 7.02. The maximum Gasteiger partial charge on any atom is 0.0345 e. The van der Waals surface area contributed by atoms with Crippen LogP contribution in [-0.2, 0) is 0 Å². The minimum atomic E-state index is 0.281. The van der Waals surface area contributed by atoms with Gasteiger partial charge >= 0.3 is 0 Å². The van der Waals surface area contributed by atoms with Gasteiger partial charge in [-0.1, -0.05) is 6.92 Å². The first-order valence-corrected chi connectivity index (χ1v) is 8.06. The van der Waals surface area contributed by atoms with Gasteiger partial charge in [-0.25, -0.2) is 0 Å². The highest BCUT2D eigenvalue weighted by molar-refractivity contribution is 4.96. The number of likely N-dealkylation sites (tertiary alicyclic amines) is 1. The number of piperazine rings is 1. The van der Waals surface area contributed by atoms with Crippen LogP contribution in [0.15, 0.2) is 0 Å². The van der Waals surface area contributed by atoms with Gasteiger partial charge in [0.1, 0.15) is 0 Å². The minimum absolute atomic E-state index is 0.281. The summed E-state index contributed by atoms with van der Waals surface area (Å²) >= 11 is 0. The van der Waals surface area contributed by atoms with Crippen molar-refractivity contribution in [3.05, 3.63) is 0 Å². The van der Waals surface area contributed by atoms with Crippen LogP contribution in [0.3, 0.4) is 0 Å². The van der Waals surface area contributed by atoms with Crippen LogP contribution in [0.4, 0.5) is 0 Å². The summed E-state index contributed by atoms with van der Waals surface area (Å²) < 4.78 is 0. The van der Waals surface area contributed by atoms with E-state index in [0.717, 1.165) is 6.54 Å². The Kier molecular flexibility index (Phi) is 5.63. The Balaban J connectivity index is 1.97. The number of hydrogen-bond donors (Lipinski definition) is 1. The van der Waals surface area contributed by atoms with E-state index in [-0.39, 0.29) is 5.54 Å². The van der Waals surface area contributed by atoms with Gasteiger partial charge in [-0.15, -0.1) is 0 Å². The van der Waals surface area contributed by atoms with E-state index in [4.69, 9.17) is 5.73 Å². The Labute approximate surface area is 118 Å². The highest BCUT2D eigenvalue weighted by Gasteiger charge is 2.37. The number of nitrogens with two attached hydrogens (primary N) is 1. The van der Waals surface area contributed by atoms with E-state index in [2.05, 4.69) is 28.7 Å². The molecule has 2 rings (SSSR count). The molecule has 2 aliphatic heterocycles. The molecule has 2 fully saturated rings. The average molecular weight is 268 g/mol. The fraction of sp³-hybridized carbons (Fsp3) is 1.00. The Bertz CT molecular complexity index is 263. The number of rotatable bonds is 4. The van der Waals surface area contributed by atoms with Gasteiger partial charge < -0.3 is 15.5 Å². The summed E-state index contributed by atoms with van der Waals surface area (Å²) in [7, 11) is 2.22. The van der Waals surface area contributed by atoms with Crippen molar-refractivity contribution < 1.29 is 0 Å². The molecule has 4 heteroatoms. The van der Waals surface area contributed by atoms with Crippen molar-refractivity contribution in [1.29, 1.82) is 0 Å². The highest BCUT2D eigenvalue weighted by atomic mass is 15.3. The fourth-order valence-electron chi connectivity index (χ4n) is 3.70. The minimum Gasteiger partial charge on any atom is -0.329 e. The maximum absolute atomic E-state index is 6.22. The van der Waals surface area contributed by atoms with Crippen LogP contribution in [0, 0.1) is 0 Å². The van der Waals surface area contributed by atoms with E-state index in [1.807, 2.05) is 0 Å². The van der Waals surface area contributed by atoms with Crippen LogP contribution < -0.4 is 5.73 Å². The molecule has 0 radical (unpaired) electrons. The Hall–Kier alpha value is -0.160. The summed E-state index contributed by atoms with van der Waals surface area (Å²) in [6.07, 6.45) is 5.12. The van der Waals surface area contributed by atoms with Crippen LogP contribution in [0.2, 0.25) is 0 Å². The lowest BCUT2D eigenvalue weighted by atomic mass is 9.88. The fourth-order valence-corrected chi connectivity index (χ4v) is 3.70. The van der Waals surface area contributed by atoms with Crippen LogP contribution in [0.25, 0.3) is 0 Å². The summed E-state index contributed by atoms with van der Waals surface area (Å²) in [4.78, 5) is 7.76. The normalized spacial score (nSPS) is 32.4. The Morgan fingerprint density at radius 1 is 1.00 bits per heavy atom. The maximum atomic E-state index is 6.22. The largest absolute Gasteiger partial charge is 0.329 e. The van der Waals surface area contributed by atoms with Crippen molar-refractivity contribution >= 4 is 0 Å². The van der Waals surface area contributed by atoms with Gasteiger partial charge in [0.25, 0.3) is 0 Å². The molecule has 0 aromatic rings. The van der Waals surface area contributed by atoms with Crippen LogP contribution in [0.1, 0.15) is 32.6 Å². The summed E-state index contributed by atoms with van der Waals surface area (Å²) in [6, 6.07) is 0. The molecule has 4 nitrogen and oxygen atoms in total. The molecule has 0 amide bonds. The standard InChI is InChI=1S/C15H32N4/c1-3-7-18-8-4-5-15(14-16,6-9-18)19-12-10-17(2)11-13-19/h3-14,16H2,1-2H3. The van der Waals surface area contributed by atoms with E-state index < -0.39 is 0 Å². The molecule has 2 saturated heterocycles. The second-order valence-electron chi connectivity index (χ2n) is 6.41. The molecule has 112 valence electrons. The smallest absolute Gasteiger partial charge is 0.0345 e. The van der Waals surface area contributed by atoms with Gasteiger partial charge in [-0.2, -0.15) is 0 Å². The van der Waals surface area contributed by atoms with Crippen LogP contribution in [0.5, 0.6) is 0 Å². The van der Waals surface area contributed by atoms with E-state index in [1.165, 1.54) is 71.5 Å². The predicted molar refractivity (Wildman–Crippen MR) is 81.4 cm³/mol. The molecule has 19 heavy (non-hydrogen) atoms. The van der Waals surface area contributed by atoms with Gasteiger partial charge in [0.15, 0.2) is 0 Å². The Morgan fingerprint density at radius 2 is 1.74 bits per heavy atom. The van der Waals surface area contributed by atoms with Crippen molar-refractivity contribution in [3.8, 4) is 0 Å². The predicted octanol–water partition coefficient (Wildman–Crippen LogP) is 0.827. The van der Waals surface area contributed by atoms with Gasteiger partial charge in [0.05, 0.1) is 0 Å². The topological polar surface area (TPSA) is 35.7 Å². The SMILES string of the molecule is CCCN1CCCC(CN)(N2CCN(C)CC2)CC1. The Morgan fingerprint density at radius 3 is 2.37 bits per heavy atom. The molecule has 0 aromatic carbocycles. The molecule has 2 aliphatic rings. The zero-order valence-corrected chi connectivity index (χ0v) is 12.9. The molecule has 0 bridgehead atoms. The summed E-state index contributed by atoms with van der Waals surface area (Å²) in [5.74, 6) is 0. The monoisotopic (exact) mass is 268 g/mol. The summed E-state index contributed by atoms with van der Waals surface area (Å²) in [5, 5.41) is 0. The third kappa shape index (κ3) is 3.69. The van der Waals surface area contributed by atoms with Crippen molar-refractivity contribution in [2.24, 2.45) is 5.73 Å². The summed E-state index contributed by atoms with van der Waals surface area (Å²) in [5.41, 5.74) is 6.50. The molecular formula is C15H32N4. The summed E-state index contributed by atoms with van der Waals surface area (Å²) in [6.45, 7) is 11.6. The van der Waals surface area contributed by atoms with Crippen molar-refractivity contribution in [2.75, 3.05) is 59.4 Å². The first kappa shape index (κ1) is 15.2. The first-order chi connectivity index (χ1) is 9.20. The number of hydrogen-bond acceptors (Lipinski definition) is 4. The third-order valence-electron chi connectivity index (χ3n) is 5.10. The van der Waals surface area contributed by atoms with Crippen LogP contribution in [-0.4, -0.2) is 79.6 Å². The molecular weight excluding hydrogens is 236 g/mol. The molecule has 0 saturated carbocycles. The lowest BCUT2D eigenvalue weighted by molar-refractivity contribution is 0.0341. The number of nitrogens with zero attached hydrogens (tertiary/aromatic N) is 3. The number of likely N-dealkylation sites (N-methyl/N-ethyl adjacent to an activating group) is 1.